The Hall–Kier alpha value is -1.04. The lowest BCUT2D eigenvalue weighted by Crippen LogP contribution is -2.23. The first-order valence-corrected chi connectivity index (χ1v) is 8.09. The van der Waals surface area contributed by atoms with E-state index in [2.05, 4.69) is 15.5 Å². The van der Waals surface area contributed by atoms with Crippen LogP contribution in [0.25, 0.3) is 0 Å². The van der Waals surface area contributed by atoms with Crippen molar-refractivity contribution in [1.29, 1.82) is 0 Å². The molecule has 6 heteroatoms. The van der Waals surface area contributed by atoms with Crippen molar-refractivity contribution in [1.82, 2.24) is 15.5 Å². The Morgan fingerprint density at radius 2 is 2.40 bits per heavy atom. The van der Waals surface area contributed by atoms with E-state index in [-0.39, 0.29) is 0 Å². The topological polar surface area (TPSA) is 51.0 Å². The van der Waals surface area contributed by atoms with Gasteiger partial charge in [0.1, 0.15) is 0 Å². The molecule has 2 heterocycles. The van der Waals surface area contributed by atoms with Gasteiger partial charge < -0.3 is 9.84 Å². The van der Waals surface area contributed by atoms with Crippen molar-refractivity contribution in [3.05, 3.63) is 41.0 Å². The van der Waals surface area contributed by atoms with Crippen LogP contribution in [0.2, 0.25) is 5.02 Å². The van der Waals surface area contributed by atoms with Gasteiger partial charge in [-0.05, 0) is 37.6 Å². The lowest BCUT2D eigenvalue weighted by Gasteiger charge is -2.04. The van der Waals surface area contributed by atoms with Gasteiger partial charge in [-0.2, -0.15) is 4.98 Å². The summed E-state index contributed by atoms with van der Waals surface area (Å²) in [6.45, 7) is 1.09. The molecule has 20 heavy (non-hydrogen) atoms. The minimum atomic E-state index is 0.490. The maximum atomic E-state index is 5.96. The highest BCUT2D eigenvalue weighted by atomic mass is 35.5. The number of nitrogens with one attached hydrogen (secondary N) is 1. The molecule has 3 rings (SSSR count). The fourth-order valence-electron chi connectivity index (χ4n) is 2.28. The molecular formula is C14H16ClN3OS. The average Bonchev–Trinajstić information content (AvgIpc) is 3.09. The minimum absolute atomic E-state index is 0.490. The first kappa shape index (κ1) is 13.9. The molecule has 1 unspecified atom stereocenters. The molecule has 0 aliphatic carbocycles. The van der Waals surface area contributed by atoms with Crippen molar-refractivity contribution in [3.63, 3.8) is 0 Å². The molecule has 0 amide bonds. The number of thioether (sulfide) groups is 1. The highest BCUT2D eigenvalue weighted by Gasteiger charge is 2.18. The third kappa shape index (κ3) is 3.75. The van der Waals surface area contributed by atoms with Crippen molar-refractivity contribution in [2.75, 3.05) is 6.54 Å². The van der Waals surface area contributed by atoms with Crippen molar-refractivity contribution in [2.24, 2.45) is 0 Å². The van der Waals surface area contributed by atoms with Crippen LogP contribution in [0.15, 0.2) is 33.7 Å². The minimum Gasteiger partial charge on any atom is -0.339 e. The highest BCUT2D eigenvalue weighted by molar-refractivity contribution is 7.98. The number of halogens is 1. The normalized spacial score (nSPS) is 18.6. The van der Waals surface area contributed by atoms with E-state index in [0.717, 1.165) is 34.6 Å². The number of aromatic nitrogens is 2. The van der Waals surface area contributed by atoms with E-state index in [1.54, 1.807) is 11.8 Å². The maximum absolute atomic E-state index is 5.96. The van der Waals surface area contributed by atoms with E-state index in [1.807, 2.05) is 24.3 Å². The zero-order valence-electron chi connectivity index (χ0n) is 11.0. The number of hydrogen-bond acceptors (Lipinski definition) is 5. The molecule has 1 atom stereocenters. The maximum Gasteiger partial charge on any atom is 0.228 e. The zero-order valence-corrected chi connectivity index (χ0v) is 12.6. The molecule has 1 fully saturated rings. The fourth-order valence-corrected chi connectivity index (χ4v) is 3.33. The summed E-state index contributed by atoms with van der Waals surface area (Å²) in [6.07, 6.45) is 3.25. The summed E-state index contributed by atoms with van der Waals surface area (Å²) in [6, 6.07) is 8.27. The van der Waals surface area contributed by atoms with Crippen LogP contribution in [-0.4, -0.2) is 22.7 Å². The summed E-state index contributed by atoms with van der Waals surface area (Å²) in [4.78, 5) is 5.55. The van der Waals surface area contributed by atoms with Gasteiger partial charge in [0, 0.05) is 22.4 Å². The number of nitrogens with zero attached hydrogens (tertiary/aromatic N) is 2. The van der Waals surface area contributed by atoms with Crippen LogP contribution >= 0.6 is 23.4 Å². The molecule has 0 radical (unpaired) electrons. The highest BCUT2D eigenvalue weighted by Crippen LogP contribution is 2.24. The van der Waals surface area contributed by atoms with Crippen molar-refractivity contribution in [2.45, 2.75) is 36.0 Å². The summed E-state index contributed by atoms with van der Waals surface area (Å²) >= 11 is 7.61. The van der Waals surface area contributed by atoms with E-state index >= 15 is 0 Å². The van der Waals surface area contributed by atoms with Crippen molar-refractivity contribution in [3.8, 4) is 0 Å². The molecule has 0 saturated carbocycles. The second-order valence-electron chi connectivity index (χ2n) is 4.85. The predicted octanol–water partition coefficient (Wildman–Crippen LogP) is 3.31. The van der Waals surface area contributed by atoms with Crippen LogP contribution in [0.4, 0.5) is 0 Å². The summed E-state index contributed by atoms with van der Waals surface area (Å²) in [7, 11) is 0. The van der Waals surface area contributed by atoms with Crippen LogP contribution in [0.5, 0.6) is 0 Å². The monoisotopic (exact) mass is 309 g/mol. The van der Waals surface area contributed by atoms with Gasteiger partial charge >= 0.3 is 0 Å². The molecule has 0 spiro atoms. The Morgan fingerprint density at radius 1 is 1.45 bits per heavy atom. The van der Waals surface area contributed by atoms with E-state index < -0.39 is 0 Å². The Kier molecular flexibility index (Phi) is 4.60. The fraction of sp³-hybridized carbons (Fsp3) is 0.429. The first-order chi connectivity index (χ1) is 9.79. The SMILES string of the molecule is Clc1cccc(SCc2noc(CC3CCCN3)n2)c1. The predicted molar refractivity (Wildman–Crippen MR) is 80.0 cm³/mol. The van der Waals surface area contributed by atoms with Gasteiger partial charge in [-0.3, -0.25) is 0 Å². The third-order valence-electron chi connectivity index (χ3n) is 3.26. The van der Waals surface area contributed by atoms with E-state index in [0.29, 0.717) is 11.8 Å². The van der Waals surface area contributed by atoms with Gasteiger partial charge in [-0.15, -0.1) is 11.8 Å². The van der Waals surface area contributed by atoms with Crippen LogP contribution in [0, 0.1) is 0 Å². The van der Waals surface area contributed by atoms with Crippen LogP contribution < -0.4 is 5.32 Å². The quantitative estimate of drug-likeness (QED) is 0.859. The molecule has 1 saturated heterocycles. The van der Waals surface area contributed by atoms with Crippen LogP contribution in [-0.2, 0) is 12.2 Å². The van der Waals surface area contributed by atoms with Gasteiger partial charge in [0.2, 0.25) is 5.89 Å². The standard InChI is InChI=1S/C14H16ClN3OS/c15-10-3-1-5-12(7-10)20-9-13-17-14(19-18-13)8-11-4-2-6-16-11/h1,3,5,7,11,16H,2,4,6,8-9H2. The summed E-state index contributed by atoms with van der Waals surface area (Å²) < 4.78 is 5.30. The molecular weight excluding hydrogens is 294 g/mol. The van der Waals surface area contributed by atoms with Gasteiger partial charge in [-0.1, -0.05) is 22.8 Å². The molecule has 2 aromatic rings. The molecule has 1 aliphatic heterocycles. The summed E-state index contributed by atoms with van der Waals surface area (Å²) in [5.41, 5.74) is 0. The largest absolute Gasteiger partial charge is 0.339 e. The number of hydrogen-bond donors (Lipinski definition) is 1. The van der Waals surface area contributed by atoms with E-state index in [9.17, 15) is 0 Å². The van der Waals surface area contributed by atoms with E-state index in [1.165, 1.54) is 12.8 Å². The van der Waals surface area contributed by atoms with Crippen molar-refractivity contribution >= 4 is 23.4 Å². The zero-order chi connectivity index (χ0) is 13.8. The summed E-state index contributed by atoms with van der Waals surface area (Å²) in [5.74, 6) is 2.16. The molecule has 1 aromatic carbocycles. The van der Waals surface area contributed by atoms with Gasteiger partial charge in [0.05, 0.1) is 5.75 Å². The summed E-state index contributed by atoms with van der Waals surface area (Å²) in [5, 5.41) is 8.21. The van der Waals surface area contributed by atoms with Crippen LogP contribution in [0.3, 0.4) is 0 Å². The Bertz CT molecular complexity index is 569. The van der Waals surface area contributed by atoms with Gasteiger partial charge in [0.15, 0.2) is 5.82 Å². The average molecular weight is 310 g/mol. The first-order valence-electron chi connectivity index (χ1n) is 6.73. The Balaban J connectivity index is 1.54. The molecule has 106 valence electrons. The lowest BCUT2D eigenvalue weighted by atomic mass is 10.2. The Labute approximate surface area is 127 Å². The molecule has 1 aliphatic rings. The van der Waals surface area contributed by atoms with E-state index in [4.69, 9.17) is 16.1 Å². The van der Waals surface area contributed by atoms with Gasteiger partial charge in [0.25, 0.3) is 0 Å². The third-order valence-corrected chi connectivity index (χ3v) is 4.48. The lowest BCUT2D eigenvalue weighted by molar-refractivity contribution is 0.361. The molecule has 4 nitrogen and oxygen atoms in total. The van der Waals surface area contributed by atoms with Crippen LogP contribution in [0.1, 0.15) is 24.6 Å². The molecule has 0 bridgehead atoms. The second kappa shape index (κ2) is 6.61. The molecule has 1 N–H and O–H groups in total. The van der Waals surface area contributed by atoms with Crippen molar-refractivity contribution < 1.29 is 4.52 Å². The van der Waals surface area contributed by atoms with Gasteiger partial charge in [-0.25, -0.2) is 0 Å². The number of benzene rings is 1. The Morgan fingerprint density at radius 3 is 3.20 bits per heavy atom. The second-order valence-corrected chi connectivity index (χ2v) is 6.33. The molecule has 1 aromatic heterocycles. The smallest absolute Gasteiger partial charge is 0.228 e. The number of rotatable bonds is 5.